The van der Waals surface area contributed by atoms with E-state index in [9.17, 15) is 4.79 Å². The van der Waals surface area contributed by atoms with Crippen molar-refractivity contribution in [2.75, 3.05) is 13.1 Å². The Morgan fingerprint density at radius 3 is 2.56 bits per heavy atom. The minimum atomic E-state index is -0.212. The number of nitrogens with zero attached hydrogens (tertiary/aromatic N) is 2. The Morgan fingerprint density at radius 1 is 1.12 bits per heavy atom. The molecule has 0 saturated carbocycles. The zero-order valence-electron chi connectivity index (χ0n) is 14.9. The van der Waals surface area contributed by atoms with Gasteiger partial charge in [-0.2, -0.15) is 0 Å². The summed E-state index contributed by atoms with van der Waals surface area (Å²) in [5.41, 5.74) is 2.29. The summed E-state index contributed by atoms with van der Waals surface area (Å²) in [6, 6.07) is 14.1. The number of piperidine rings is 1. The third kappa shape index (κ3) is 4.89. The summed E-state index contributed by atoms with van der Waals surface area (Å²) in [6.45, 7) is 3.86. The topological polar surface area (TPSA) is 45.2 Å². The second kappa shape index (κ2) is 8.77. The standard InChI is InChI=1S/C21H27N3O/c1-17(19-11-8-12-22-16-19)23-20(15-18-9-4-2-5-10-18)21(25)24-13-6-3-7-14-24/h2,4-5,8-12,16-17,20,23H,3,6-7,13-15H2,1H3/t17-,20-/m1/s1. The molecule has 1 fully saturated rings. The highest BCUT2D eigenvalue weighted by molar-refractivity contribution is 5.82. The van der Waals surface area contributed by atoms with E-state index in [2.05, 4.69) is 35.4 Å². The molecule has 1 amide bonds. The first-order valence-corrected chi connectivity index (χ1v) is 9.23. The minimum Gasteiger partial charge on any atom is -0.341 e. The van der Waals surface area contributed by atoms with E-state index in [0.717, 1.165) is 31.5 Å². The third-order valence-electron chi connectivity index (χ3n) is 4.88. The normalized spacial score (nSPS) is 17.1. The van der Waals surface area contributed by atoms with Gasteiger partial charge in [0.25, 0.3) is 0 Å². The fraction of sp³-hybridized carbons (Fsp3) is 0.429. The van der Waals surface area contributed by atoms with E-state index >= 15 is 0 Å². The fourth-order valence-corrected chi connectivity index (χ4v) is 3.43. The van der Waals surface area contributed by atoms with Gasteiger partial charge in [0.1, 0.15) is 0 Å². The van der Waals surface area contributed by atoms with Crippen LogP contribution in [0.2, 0.25) is 0 Å². The molecule has 2 aromatic rings. The molecule has 0 radical (unpaired) electrons. The number of aromatic nitrogens is 1. The number of amides is 1. The molecule has 2 heterocycles. The van der Waals surface area contributed by atoms with Crippen LogP contribution in [0, 0.1) is 0 Å². The Morgan fingerprint density at radius 2 is 1.88 bits per heavy atom. The zero-order valence-corrected chi connectivity index (χ0v) is 14.9. The molecule has 132 valence electrons. The number of rotatable bonds is 6. The monoisotopic (exact) mass is 337 g/mol. The first-order valence-electron chi connectivity index (χ1n) is 9.23. The van der Waals surface area contributed by atoms with E-state index in [1.807, 2.05) is 35.4 Å². The van der Waals surface area contributed by atoms with Crippen LogP contribution in [-0.2, 0) is 11.2 Å². The van der Waals surface area contributed by atoms with Gasteiger partial charge in [-0.05, 0) is 49.8 Å². The summed E-state index contributed by atoms with van der Waals surface area (Å²) < 4.78 is 0. The Hall–Kier alpha value is -2.20. The lowest BCUT2D eigenvalue weighted by molar-refractivity contribution is -0.134. The van der Waals surface area contributed by atoms with Gasteiger partial charge in [-0.15, -0.1) is 0 Å². The van der Waals surface area contributed by atoms with Gasteiger partial charge in [0.05, 0.1) is 6.04 Å². The van der Waals surface area contributed by atoms with Gasteiger partial charge in [-0.3, -0.25) is 15.1 Å². The number of hydrogen-bond acceptors (Lipinski definition) is 3. The lowest BCUT2D eigenvalue weighted by Crippen LogP contribution is -2.49. The molecule has 3 rings (SSSR count). The Labute approximate surface area is 150 Å². The lowest BCUT2D eigenvalue weighted by Gasteiger charge is -2.32. The number of benzene rings is 1. The van der Waals surface area contributed by atoms with E-state index < -0.39 is 0 Å². The quantitative estimate of drug-likeness (QED) is 0.879. The molecule has 4 nitrogen and oxygen atoms in total. The highest BCUT2D eigenvalue weighted by Gasteiger charge is 2.27. The number of likely N-dealkylation sites (tertiary alicyclic amines) is 1. The molecule has 0 bridgehead atoms. The van der Waals surface area contributed by atoms with Gasteiger partial charge in [0, 0.05) is 31.5 Å². The maximum atomic E-state index is 13.1. The molecule has 25 heavy (non-hydrogen) atoms. The van der Waals surface area contributed by atoms with Crippen LogP contribution in [0.15, 0.2) is 54.9 Å². The predicted octanol–water partition coefficient (Wildman–Crippen LogP) is 3.36. The SMILES string of the molecule is C[C@@H](N[C@H](Cc1ccccc1)C(=O)N1CCCCC1)c1cccnc1. The molecule has 0 aliphatic carbocycles. The van der Waals surface area contributed by atoms with Crippen LogP contribution >= 0.6 is 0 Å². The molecular formula is C21H27N3O. The highest BCUT2D eigenvalue weighted by atomic mass is 16.2. The summed E-state index contributed by atoms with van der Waals surface area (Å²) in [7, 11) is 0. The van der Waals surface area contributed by atoms with Crippen molar-refractivity contribution in [1.29, 1.82) is 0 Å². The van der Waals surface area contributed by atoms with E-state index in [0.29, 0.717) is 6.42 Å². The van der Waals surface area contributed by atoms with Gasteiger partial charge in [-0.25, -0.2) is 0 Å². The van der Waals surface area contributed by atoms with Gasteiger partial charge >= 0.3 is 0 Å². The molecule has 1 aliphatic heterocycles. The second-order valence-electron chi connectivity index (χ2n) is 6.80. The van der Waals surface area contributed by atoms with Crippen molar-refractivity contribution in [2.24, 2.45) is 0 Å². The van der Waals surface area contributed by atoms with Crippen LogP contribution in [0.5, 0.6) is 0 Å². The average molecular weight is 337 g/mol. The van der Waals surface area contributed by atoms with Crippen molar-refractivity contribution in [3.8, 4) is 0 Å². The van der Waals surface area contributed by atoms with Gasteiger partial charge in [-0.1, -0.05) is 36.4 Å². The van der Waals surface area contributed by atoms with Crippen LogP contribution in [-0.4, -0.2) is 34.9 Å². The Bertz CT molecular complexity index is 653. The van der Waals surface area contributed by atoms with Crippen LogP contribution < -0.4 is 5.32 Å². The first kappa shape index (κ1) is 17.6. The Kier molecular flexibility index (Phi) is 6.18. The van der Waals surface area contributed by atoms with Crippen LogP contribution in [0.4, 0.5) is 0 Å². The molecular weight excluding hydrogens is 310 g/mol. The summed E-state index contributed by atoms with van der Waals surface area (Å²) in [6.07, 6.45) is 7.80. The van der Waals surface area contributed by atoms with Crippen LogP contribution in [0.1, 0.15) is 43.4 Å². The first-order chi connectivity index (χ1) is 12.2. The maximum absolute atomic E-state index is 13.1. The van der Waals surface area contributed by atoms with Crippen molar-refractivity contribution >= 4 is 5.91 Å². The minimum absolute atomic E-state index is 0.0798. The van der Waals surface area contributed by atoms with E-state index in [4.69, 9.17) is 0 Å². The highest BCUT2D eigenvalue weighted by Crippen LogP contribution is 2.16. The van der Waals surface area contributed by atoms with Crippen molar-refractivity contribution in [3.63, 3.8) is 0 Å². The predicted molar refractivity (Wildman–Crippen MR) is 100 cm³/mol. The summed E-state index contributed by atoms with van der Waals surface area (Å²) >= 11 is 0. The van der Waals surface area contributed by atoms with Gasteiger partial charge in [0.2, 0.25) is 5.91 Å². The smallest absolute Gasteiger partial charge is 0.240 e. The van der Waals surface area contributed by atoms with Crippen molar-refractivity contribution in [2.45, 2.75) is 44.7 Å². The van der Waals surface area contributed by atoms with Crippen LogP contribution in [0.3, 0.4) is 0 Å². The number of carbonyl (C=O) groups is 1. The molecule has 4 heteroatoms. The van der Waals surface area contributed by atoms with Crippen molar-refractivity contribution in [1.82, 2.24) is 15.2 Å². The zero-order chi connectivity index (χ0) is 17.5. The van der Waals surface area contributed by atoms with Crippen molar-refractivity contribution in [3.05, 3.63) is 66.0 Å². The molecule has 1 saturated heterocycles. The van der Waals surface area contributed by atoms with Gasteiger partial charge < -0.3 is 4.90 Å². The maximum Gasteiger partial charge on any atom is 0.240 e. The molecule has 0 unspecified atom stereocenters. The molecule has 0 spiro atoms. The second-order valence-corrected chi connectivity index (χ2v) is 6.80. The number of carbonyl (C=O) groups excluding carboxylic acids is 1. The van der Waals surface area contributed by atoms with Crippen LogP contribution in [0.25, 0.3) is 0 Å². The number of nitrogens with one attached hydrogen (secondary N) is 1. The molecule has 1 aliphatic rings. The molecule has 1 aromatic heterocycles. The average Bonchev–Trinajstić information content (AvgIpc) is 2.69. The van der Waals surface area contributed by atoms with Crippen molar-refractivity contribution < 1.29 is 4.79 Å². The van der Waals surface area contributed by atoms with E-state index in [1.165, 1.54) is 12.0 Å². The summed E-state index contributed by atoms with van der Waals surface area (Å²) in [4.78, 5) is 19.3. The lowest BCUT2D eigenvalue weighted by atomic mass is 10.0. The summed E-state index contributed by atoms with van der Waals surface area (Å²) in [5, 5.41) is 3.55. The fourth-order valence-electron chi connectivity index (χ4n) is 3.43. The molecule has 2 atom stereocenters. The number of hydrogen-bond donors (Lipinski definition) is 1. The summed E-state index contributed by atoms with van der Waals surface area (Å²) in [5.74, 6) is 0.222. The third-order valence-corrected chi connectivity index (χ3v) is 4.88. The van der Waals surface area contributed by atoms with Gasteiger partial charge in [0.15, 0.2) is 0 Å². The van der Waals surface area contributed by atoms with E-state index in [1.54, 1.807) is 6.20 Å². The molecule has 1 aromatic carbocycles. The number of pyridine rings is 1. The Balaban J connectivity index is 1.74. The van der Waals surface area contributed by atoms with E-state index in [-0.39, 0.29) is 18.0 Å². The molecule has 1 N–H and O–H groups in total. The largest absolute Gasteiger partial charge is 0.341 e.